The Morgan fingerprint density at radius 3 is 2.39 bits per heavy atom. The van der Waals surface area contributed by atoms with Crippen molar-refractivity contribution >= 4 is 32.2 Å². The summed E-state index contributed by atoms with van der Waals surface area (Å²) in [5.74, 6) is 0.190. The molecule has 0 saturated heterocycles. The fraction of sp³-hybridized carbons (Fsp3) is 0.286. The van der Waals surface area contributed by atoms with Gasteiger partial charge in [0.25, 0.3) is 0 Å². The van der Waals surface area contributed by atoms with Gasteiger partial charge in [0.1, 0.15) is 0 Å². The van der Waals surface area contributed by atoms with Crippen LogP contribution in [0.2, 0.25) is 5.02 Å². The maximum atomic E-state index is 12.3. The highest BCUT2D eigenvalue weighted by atomic mass is 35.5. The molecule has 2 rings (SSSR count). The summed E-state index contributed by atoms with van der Waals surface area (Å²) >= 11 is 6.09. The zero-order valence-corrected chi connectivity index (χ0v) is 11.8. The van der Waals surface area contributed by atoms with Crippen molar-refractivity contribution in [1.82, 2.24) is 0 Å². The minimum Gasteiger partial charge on any atom is -0.224 e. The molecule has 0 aromatic heterocycles. The van der Waals surface area contributed by atoms with Crippen LogP contribution in [-0.4, -0.2) is 14.2 Å². The molecule has 0 radical (unpaired) electrons. The molecule has 18 heavy (non-hydrogen) atoms. The molecule has 0 aliphatic heterocycles. The largest absolute Gasteiger partial charge is 0.224 e. The lowest BCUT2D eigenvalue weighted by atomic mass is 10.1. The summed E-state index contributed by atoms with van der Waals surface area (Å²) in [5, 5.41) is 2.08. The molecule has 0 spiro atoms. The van der Waals surface area contributed by atoms with Crippen molar-refractivity contribution in [2.75, 3.05) is 5.75 Å². The van der Waals surface area contributed by atoms with Crippen molar-refractivity contribution in [3.63, 3.8) is 0 Å². The normalized spacial score (nSPS) is 11.9. The molecule has 2 nitrogen and oxygen atoms in total. The van der Waals surface area contributed by atoms with Gasteiger partial charge < -0.3 is 0 Å². The second-order valence-electron chi connectivity index (χ2n) is 4.26. The second-order valence-corrected chi connectivity index (χ2v) is 6.75. The SMILES string of the molecule is CCCCS(=O)(=O)c1ccc(Cl)c2ccccc12. The van der Waals surface area contributed by atoms with E-state index in [-0.39, 0.29) is 5.75 Å². The number of unbranched alkanes of at least 4 members (excludes halogenated alkanes) is 1. The molecule has 2 aromatic rings. The third kappa shape index (κ3) is 2.52. The minimum atomic E-state index is -3.22. The monoisotopic (exact) mass is 282 g/mol. The van der Waals surface area contributed by atoms with E-state index in [9.17, 15) is 8.42 Å². The van der Waals surface area contributed by atoms with Gasteiger partial charge in [-0.3, -0.25) is 0 Å². The molecular formula is C14H15ClO2S. The molecule has 0 fully saturated rings. The van der Waals surface area contributed by atoms with Crippen LogP contribution in [0.3, 0.4) is 0 Å². The van der Waals surface area contributed by atoms with Gasteiger partial charge in [0.2, 0.25) is 0 Å². The number of hydrogen-bond donors (Lipinski definition) is 0. The Kier molecular flexibility index (Phi) is 3.93. The average Bonchev–Trinajstić information content (AvgIpc) is 2.37. The zero-order valence-electron chi connectivity index (χ0n) is 10.2. The van der Waals surface area contributed by atoms with Gasteiger partial charge in [-0.25, -0.2) is 8.42 Å². The molecule has 0 aliphatic carbocycles. The van der Waals surface area contributed by atoms with Crippen molar-refractivity contribution < 1.29 is 8.42 Å². The van der Waals surface area contributed by atoms with Crippen LogP contribution in [0.1, 0.15) is 19.8 Å². The van der Waals surface area contributed by atoms with Crippen LogP contribution >= 0.6 is 11.6 Å². The van der Waals surface area contributed by atoms with Gasteiger partial charge in [0, 0.05) is 15.8 Å². The molecule has 0 saturated carbocycles. The second kappa shape index (κ2) is 5.29. The molecule has 96 valence electrons. The van der Waals surface area contributed by atoms with Crippen LogP contribution in [-0.2, 0) is 9.84 Å². The molecule has 0 bridgehead atoms. The Hall–Kier alpha value is -1.06. The summed E-state index contributed by atoms with van der Waals surface area (Å²) in [7, 11) is -3.22. The van der Waals surface area contributed by atoms with E-state index in [0.717, 1.165) is 11.8 Å². The Balaban J connectivity index is 2.62. The summed E-state index contributed by atoms with van der Waals surface area (Å²) in [6.45, 7) is 1.98. The van der Waals surface area contributed by atoms with Gasteiger partial charge in [0.05, 0.1) is 10.6 Å². The van der Waals surface area contributed by atoms with Crippen molar-refractivity contribution in [3.8, 4) is 0 Å². The Bertz CT molecular complexity index is 663. The maximum Gasteiger partial charge on any atom is 0.178 e. The predicted octanol–water partition coefficient (Wildman–Crippen LogP) is 4.07. The van der Waals surface area contributed by atoms with Crippen LogP contribution in [0.15, 0.2) is 41.3 Å². The van der Waals surface area contributed by atoms with E-state index < -0.39 is 9.84 Å². The number of rotatable bonds is 4. The molecule has 4 heteroatoms. The first-order valence-corrected chi connectivity index (χ1v) is 7.99. The number of hydrogen-bond acceptors (Lipinski definition) is 2. The molecule has 0 heterocycles. The zero-order chi connectivity index (χ0) is 13.2. The van der Waals surface area contributed by atoms with Gasteiger partial charge in [-0.15, -0.1) is 0 Å². The summed E-state index contributed by atoms with van der Waals surface area (Å²) in [4.78, 5) is 0.385. The minimum absolute atomic E-state index is 0.190. The fourth-order valence-electron chi connectivity index (χ4n) is 1.95. The predicted molar refractivity (Wildman–Crippen MR) is 75.9 cm³/mol. The van der Waals surface area contributed by atoms with Crippen LogP contribution < -0.4 is 0 Å². The summed E-state index contributed by atoms with van der Waals surface area (Å²) < 4.78 is 24.5. The van der Waals surface area contributed by atoms with Gasteiger partial charge >= 0.3 is 0 Å². The first kappa shape index (κ1) is 13.4. The molecule has 0 amide bonds. The van der Waals surface area contributed by atoms with Crippen molar-refractivity contribution in [1.29, 1.82) is 0 Å². The molecule has 0 unspecified atom stereocenters. The summed E-state index contributed by atoms with van der Waals surface area (Å²) in [5.41, 5.74) is 0. The topological polar surface area (TPSA) is 34.1 Å². The quantitative estimate of drug-likeness (QED) is 0.847. The first-order chi connectivity index (χ1) is 8.56. The first-order valence-electron chi connectivity index (χ1n) is 5.96. The highest BCUT2D eigenvalue weighted by Gasteiger charge is 2.17. The van der Waals surface area contributed by atoms with Crippen LogP contribution in [0, 0.1) is 0 Å². The van der Waals surface area contributed by atoms with Crippen molar-refractivity contribution in [2.24, 2.45) is 0 Å². The van der Waals surface area contributed by atoms with E-state index in [2.05, 4.69) is 0 Å². The molecule has 0 atom stereocenters. The fourth-order valence-corrected chi connectivity index (χ4v) is 3.86. The van der Waals surface area contributed by atoms with Gasteiger partial charge in [-0.2, -0.15) is 0 Å². The lowest BCUT2D eigenvalue weighted by molar-refractivity contribution is 0.593. The molecule has 0 N–H and O–H groups in total. The smallest absolute Gasteiger partial charge is 0.178 e. The van der Waals surface area contributed by atoms with Gasteiger partial charge in [-0.05, 0) is 18.6 Å². The van der Waals surface area contributed by atoms with Crippen LogP contribution in [0.5, 0.6) is 0 Å². The number of benzene rings is 2. The number of sulfone groups is 1. The standard InChI is InChI=1S/C14H15ClO2S/c1-2-3-10-18(16,17)14-9-8-13(15)11-6-4-5-7-12(11)14/h4-9H,2-3,10H2,1H3. The van der Waals surface area contributed by atoms with Crippen molar-refractivity contribution in [2.45, 2.75) is 24.7 Å². The van der Waals surface area contributed by atoms with E-state index >= 15 is 0 Å². The van der Waals surface area contributed by atoms with Gasteiger partial charge in [0.15, 0.2) is 9.84 Å². The van der Waals surface area contributed by atoms with Gasteiger partial charge in [-0.1, -0.05) is 49.2 Å². The maximum absolute atomic E-state index is 12.3. The van der Waals surface area contributed by atoms with E-state index in [0.29, 0.717) is 21.7 Å². The Labute approximate surface area is 113 Å². The third-order valence-electron chi connectivity index (χ3n) is 2.93. The van der Waals surface area contributed by atoms with E-state index in [4.69, 9.17) is 11.6 Å². The van der Waals surface area contributed by atoms with E-state index in [1.807, 2.05) is 25.1 Å². The number of fused-ring (bicyclic) bond motifs is 1. The highest BCUT2D eigenvalue weighted by molar-refractivity contribution is 7.91. The Morgan fingerprint density at radius 2 is 1.72 bits per heavy atom. The third-order valence-corrected chi connectivity index (χ3v) is 5.11. The van der Waals surface area contributed by atoms with Crippen LogP contribution in [0.25, 0.3) is 10.8 Å². The lowest BCUT2D eigenvalue weighted by Gasteiger charge is -2.08. The molecule has 0 aliphatic rings. The van der Waals surface area contributed by atoms with E-state index in [1.54, 1.807) is 18.2 Å². The molecular weight excluding hydrogens is 268 g/mol. The molecule has 2 aromatic carbocycles. The van der Waals surface area contributed by atoms with E-state index in [1.165, 1.54) is 0 Å². The summed E-state index contributed by atoms with van der Waals surface area (Å²) in [6.07, 6.45) is 1.55. The highest BCUT2D eigenvalue weighted by Crippen LogP contribution is 2.29. The van der Waals surface area contributed by atoms with Crippen molar-refractivity contribution in [3.05, 3.63) is 41.4 Å². The summed E-state index contributed by atoms with van der Waals surface area (Å²) in [6, 6.07) is 10.6. The Morgan fingerprint density at radius 1 is 1.06 bits per heavy atom. The number of halogens is 1. The average molecular weight is 283 g/mol. The lowest BCUT2D eigenvalue weighted by Crippen LogP contribution is -2.07. The van der Waals surface area contributed by atoms with Crippen LogP contribution in [0.4, 0.5) is 0 Å².